The molecule has 1 fully saturated rings. The van der Waals surface area contributed by atoms with Crippen molar-refractivity contribution in [1.29, 1.82) is 0 Å². The van der Waals surface area contributed by atoms with E-state index in [4.69, 9.17) is 0 Å². The zero-order valence-corrected chi connectivity index (χ0v) is 15.7. The molecule has 3 nitrogen and oxygen atoms in total. The summed E-state index contributed by atoms with van der Waals surface area (Å²) in [5, 5.41) is 0. The fourth-order valence-corrected chi connectivity index (χ4v) is 5.36. The number of hydrogen-bond acceptors (Lipinski definition) is 1. The lowest BCUT2D eigenvalue weighted by Gasteiger charge is -2.36. The zero-order valence-electron chi connectivity index (χ0n) is 15.7. The van der Waals surface area contributed by atoms with Crippen molar-refractivity contribution >= 4 is 0 Å². The quantitative estimate of drug-likeness (QED) is 0.699. The lowest BCUT2D eigenvalue weighted by Crippen LogP contribution is -2.35. The molecular formula is C20H22F4N2O. The molecule has 0 aliphatic heterocycles. The second-order valence-electron chi connectivity index (χ2n) is 8.59. The minimum atomic E-state index is -4.68. The zero-order chi connectivity index (χ0) is 19.9. The van der Waals surface area contributed by atoms with Gasteiger partial charge in [-0.2, -0.15) is 13.2 Å². The number of alkyl halides is 3. The lowest BCUT2D eigenvalue weighted by atomic mass is 9.70. The molecule has 1 aromatic heterocycles. The van der Waals surface area contributed by atoms with Gasteiger partial charge >= 0.3 is 6.18 Å². The number of rotatable bonds is 2. The maximum Gasteiger partial charge on any atom is 0.416 e. The summed E-state index contributed by atoms with van der Waals surface area (Å²) < 4.78 is 56.5. The van der Waals surface area contributed by atoms with Crippen LogP contribution in [0, 0.1) is 11.2 Å². The summed E-state index contributed by atoms with van der Waals surface area (Å²) in [5.41, 5.74) is 0.0674. The standard InChI is InChI=1S/C20H22F4N2O/c1-18(2)13-7-8-19(18,3)16-15(13)17(27)26(25(16)4)10-11-5-6-12(21)9-14(11)20(22,23)24/h5-6,9,13H,7-8,10H2,1-4H3/t13-,19+/m1/s1. The van der Waals surface area contributed by atoms with Crippen LogP contribution < -0.4 is 5.56 Å². The van der Waals surface area contributed by atoms with Crippen molar-refractivity contribution in [3.05, 3.63) is 56.8 Å². The van der Waals surface area contributed by atoms with Crippen molar-refractivity contribution in [1.82, 2.24) is 9.36 Å². The smallest absolute Gasteiger partial charge is 0.289 e. The van der Waals surface area contributed by atoms with Gasteiger partial charge in [-0.15, -0.1) is 0 Å². The maximum atomic E-state index is 13.4. The molecule has 1 aromatic carbocycles. The molecule has 146 valence electrons. The molecule has 1 saturated carbocycles. The molecule has 27 heavy (non-hydrogen) atoms. The Morgan fingerprint density at radius 3 is 2.48 bits per heavy atom. The van der Waals surface area contributed by atoms with E-state index in [-0.39, 0.29) is 34.4 Å². The Morgan fingerprint density at radius 1 is 1.22 bits per heavy atom. The largest absolute Gasteiger partial charge is 0.416 e. The molecule has 0 spiro atoms. The van der Waals surface area contributed by atoms with Crippen LogP contribution in [0.4, 0.5) is 17.6 Å². The lowest BCUT2D eigenvalue weighted by molar-refractivity contribution is -0.138. The van der Waals surface area contributed by atoms with Gasteiger partial charge in [-0.1, -0.05) is 26.8 Å². The highest BCUT2D eigenvalue weighted by Gasteiger charge is 2.62. The maximum absolute atomic E-state index is 13.4. The molecule has 2 aliphatic carbocycles. The number of nitrogens with zero attached hydrogens (tertiary/aromatic N) is 2. The number of aromatic nitrogens is 2. The fourth-order valence-electron chi connectivity index (χ4n) is 5.36. The van der Waals surface area contributed by atoms with Gasteiger partial charge in [-0.25, -0.2) is 9.07 Å². The fraction of sp³-hybridized carbons (Fsp3) is 0.550. The van der Waals surface area contributed by atoms with Crippen molar-refractivity contribution in [3.8, 4) is 0 Å². The average molecular weight is 382 g/mol. The van der Waals surface area contributed by atoms with E-state index in [0.717, 1.165) is 36.2 Å². The minimum absolute atomic E-state index is 0.0549. The van der Waals surface area contributed by atoms with E-state index in [2.05, 4.69) is 20.8 Å². The predicted octanol–water partition coefficient (Wildman–Crippen LogP) is 4.57. The Bertz CT molecular complexity index is 999. The van der Waals surface area contributed by atoms with Crippen LogP contribution in [-0.2, 0) is 25.2 Å². The number of halogens is 4. The van der Waals surface area contributed by atoms with Crippen LogP contribution in [0.25, 0.3) is 0 Å². The third-order valence-corrected chi connectivity index (χ3v) is 7.20. The van der Waals surface area contributed by atoms with Crippen LogP contribution in [0.15, 0.2) is 23.0 Å². The second kappa shape index (κ2) is 5.26. The van der Waals surface area contributed by atoms with Gasteiger partial charge in [0.05, 0.1) is 17.8 Å². The topological polar surface area (TPSA) is 26.9 Å². The van der Waals surface area contributed by atoms with Gasteiger partial charge in [0.1, 0.15) is 5.82 Å². The number of hydrogen-bond donors (Lipinski definition) is 0. The van der Waals surface area contributed by atoms with Gasteiger partial charge in [0.15, 0.2) is 0 Å². The van der Waals surface area contributed by atoms with E-state index in [1.807, 2.05) is 0 Å². The molecular weight excluding hydrogens is 360 g/mol. The van der Waals surface area contributed by atoms with Crippen molar-refractivity contribution in [3.63, 3.8) is 0 Å². The highest BCUT2D eigenvalue weighted by atomic mass is 19.4. The summed E-state index contributed by atoms with van der Waals surface area (Å²) in [6.07, 6.45) is -2.80. The summed E-state index contributed by atoms with van der Waals surface area (Å²) in [5.74, 6) is -0.826. The summed E-state index contributed by atoms with van der Waals surface area (Å²) in [6.45, 7) is 6.23. The van der Waals surface area contributed by atoms with Crippen LogP contribution in [0.2, 0.25) is 0 Å². The third kappa shape index (κ3) is 2.23. The molecule has 4 rings (SSSR count). The first kappa shape index (κ1) is 18.3. The molecule has 2 bridgehead atoms. The van der Waals surface area contributed by atoms with Gasteiger partial charge < -0.3 is 0 Å². The first-order chi connectivity index (χ1) is 12.4. The molecule has 2 aromatic rings. The summed E-state index contributed by atoms with van der Waals surface area (Å²) in [4.78, 5) is 13.1. The predicted molar refractivity (Wildman–Crippen MR) is 93.3 cm³/mol. The SMILES string of the molecule is Cn1c2c(c(=O)n1Cc1ccc(F)cc1C(F)(F)F)[C@H]1CC[C@]2(C)C1(C)C. The Hall–Kier alpha value is -2.05. The van der Waals surface area contributed by atoms with Crippen LogP contribution in [0.3, 0.4) is 0 Å². The van der Waals surface area contributed by atoms with Crippen LogP contribution in [0.1, 0.15) is 61.9 Å². The van der Waals surface area contributed by atoms with Gasteiger partial charge in [0.2, 0.25) is 0 Å². The highest BCUT2D eigenvalue weighted by Crippen LogP contribution is 2.66. The van der Waals surface area contributed by atoms with Crippen LogP contribution in [0.5, 0.6) is 0 Å². The molecule has 2 aliphatic rings. The minimum Gasteiger partial charge on any atom is -0.289 e. The first-order valence-electron chi connectivity index (χ1n) is 9.05. The molecule has 0 radical (unpaired) electrons. The van der Waals surface area contributed by atoms with E-state index < -0.39 is 17.6 Å². The van der Waals surface area contributed by atoms with E-state index >= 15 is 0 Å². The van der Waals surface area contributed by atoms with E-state index in [1.54, 1.807) is 11.7 Å². The van der Waals surface area contributed by atoms with Gasteiger partial charge in [0, 0.05) is 18.0 Å². The van der Waals surface area contributed by atoms with Crippen LogP contribution >= 0.6 is 0 Å². The Kier molecular flexibility index (Phi) is 3.57. The summed E-state index contributed by atoms with van der Waals surface area (Å²) in [6, 6.07) is 2.61. The molecule has 0 N–H and O–H groups in total. The van der Waals surface area contributed by atoms with Gasteiger partial charge in [0.25, 0.3) is 5.56 Å². The third-order valence-electron chi connectivity index (χ3n) is 7.20. The number of fused-ring (bicyclic) bond motifs is 5. The molecule has 7 heteroatoms. The normalized spacial score (nSPS) is 25.9. The van der Waals surface area contributed by atoms with E-state index in [9.17, 15) is 22.4 Å². The summed E-state index contributed by atoms with van der Waals surface area (Å²) >= 11 is 0. The Labute approximate surface area is 154 Å². The molecule has 0 saturated heterocycles. The first-order valence-corrected chi connectivity index (χ1v) is 9.05. The van der Waals surface area contributed by atoms with E-state index in [0.29, 0.717) is 6.07 Å². The average Bonchev–Trinajstić information content (AvgIpc) is 3.01. The Balaban J connectivity index is 1.85. The van der Waals surface area contributed by atoms with Crippen molar-refractivity contribution in [2.24, 2.45) is 12.5 Å². The number of benzene rings is 1. The van der Waals surface area contributed by atoms with Gasteiger partial charge in [-0.05, 0) is 41.9 Å². The molecule has 1 heterocycles. The van der Waals surface area contributed by atoms with E-state index in [1.165, 1.54) is 4.68 Å². The van der Waals surface area contributed by atoms with Gasteiger partial charge in [-0.3, -0.25) is 9.48 Å². The van der Waals surface area contributed by atoms with Crippen molar-refractivity contribution in [2.45, 2.75) is 57.7 Å². The summed E-state index contributed by atoms with van der Waals surface area (Å²) in [7, 11) is 1.74. The van der Waals surface area contributed by atoms with Crippen LogP contribution in [-0.4, -0.2) is 9.36 Å². The second-order valence-corrected chi connectivity index (χ2v) is 8.59. The monoisotopic (exact) mass is 382 g/mol. The molecule has 2 atom stereocenters. The highest BCUT2D eigenvalue weighted by molar-refractivity contribution is 5.45. The Morgan fingerprint density at radius 2 is 1.89 bits per heavy atom. The van der Waals surface area contributed by atoms with Crippen molar-refractivity contribution in [2.75, 3.05) is 0 Å². The molecule has 0 amide bonds. The van der Waals surface area contributed by atoms with Crippen molar-refractivity contribution < 1.29 is 17.6 Å². The molecule has 0 unspecified atom stereocenters.